The highest BCUT2D eigenvalue weighted by Crippen LogP contribution is 2.25. The standard InChI is InChI=1S/C18H15ClN4O5/c1-10-2-5-12(8-15(10)23(27)28)21-16(24)14-9-20-18(26)22(17(14)25)13-6-3-11(19)4-7-13/h2-8,14H,9H2,1H3,(H,20,26)(H,21,24). The van der Waals surface area contributed by atoms with Crippen LogP contribution in [0.1, 0.15) is 5.56 Å². The minimum Gasteiger partial charge on any atom is -0.336 e. The number of imide groups is 1. The normalized spacial score (nSPS) is 16.5. The van der Waals surface area contributed by atoms with Gasteiger partial charge in [-0.3, -0.25) is 19.7 Å². The van der Waals surface area contributed by atoms with Gasteiger partial charge in [-0.25, -0.2) is 9.69 Å². The van der Waals surface area contributed by atoms with E-state index in [1.54, 1.807) is 6.92 Å². The Bertz CT molecular complexity index is 976. The van der Waals surface area contributed by atoms with E-state index in [9.17, 15) is 24.5 Å². The van der Waals surface area contributed by atoms with Gasteiger partial charge in [0.1, 0.15) is 5.92 Å². The van der Waals surface area contributed by atoms with Crippen LogP contribution in [0.15, 0.2) is 42.5 Å². The molecule has 1 heterocycles. The number of benzene rings is 2. The summed E-state index contributed by atoms with van der Waals surface area (Å²) < 4.78 is 0. The van der Waals surface area contributed by atoms with Crippen LogP contribution in [-0.4, -0.2) is 29.3 Å². The first-order chi connectivity index (χ1) is 13.3. The molecule has 1 aliphatic rings. The molecular formula is C18H15ClN4O5. The second-order valence-corrected chi connectivity index (χ2v) is 6.57. The average Bonchev–Trinajstić information content (AvgIpc) is 2.64. The molecule has 4 amide bonds. The Morgan fingerprint density at radius 3 is 2.57 bits per heavy atom. The van der Waals surface area contributed by atoms with Crippen molar-refractivity contribution in [2.45, 2.75) is 6.92 Å². The summed E-state index contributed by atoms with van der Waals surface area (Å²) >= 11 is 5.82. The molecule has 10 heteroatoms. The molecule has 3 rings (SSSR count). The maximum atomic E-state index is 12.7. The molecule has 2 N–H and O–H groups in total. The average molecular weight is 403 g/mol. The number of aryl methyl sites for hydroxylation is 1. The van der Waals surface area contributed by atoms with Gasteiger partial charge in [0.05, 0.1) is 10.6 Å². The number of nitrogens with one attached hydrogen (secondary N) is 2. The molecule has 1 unspecified atom stereocenters. The Kier molecular flexibility index (Phi) is 5.27. The highest BCUT2D eigenvalue weighted by atomic mass is 35.5. The van der Waals surface area contributed by atoms with Crippen molar-refractivity contribution < 1.29 is 19.3 Å². The van der Waals surface area contributed by atoms with Crippen molar-refractivity contribution in [3.63, 3.8) is 0 Å². The van der Waals surface area contributed by atoms with Crippen molar-refractivity contribution >= 4 is 46.5 Å². The van der Waals surface area contributed by atoms with Crippen molar-refractivity contribution in [2.75, 3.05) is 16.8 Å². The van der Waals surface area contributed by atoms with E-state index in [1.807, 2.05) is 0 Å². The zero-order valence-electron chi connectivity index (χ0n) is 14.6. The summed E-state index contributed by atoms with van der Waals surface area (Å²) in [6.07, 6.45) is 0. The maximum absolute atomic E-state index is 12.7. The topological polar surface area (TPSA) is 122 Å². The van der Waals surface area contributed by atoms with Gasteiger partial charge in [0.2, 0.25) is 11.8 Å². The number of nitrogens with zero attached hydrogens (tertiary/aromatic N) is 2. The maximum Gasteiger partial charge on any atom is 0.328 e. The monoisotopic (exact) mass is 402 g/mol. The van der Waals surface area contributed by atoms with Crippen LogP contribution in [-0.2, 0) is 9.59 Å². The molecule has 0 spiro atoms. The van der Waals surface area contributed by atoms with E-state index in [1.165, 1.54) is 42.5 Å². The van der Waals surface area contributed by atoms with Gasteiger partial charge in [0.15, 0.2) is 0 Å². The lowest BCUT2D eigenvalue weighted by Gasteiger charge is -2.30. The number of halogens is 1. The van der Waals surface area contributed by atoms with Crippen molar-refractivity contribution in [3.8, 4) is 0 Å². The number of amides is 4. The zero-order chi connectivity index (χ0) is 20.4. The van der Waals surface area contributed by atoms with Crippen LogP contribution in [0.5, 0.6) is 0 Å². The lowest BCUT2D eigenvalue weighted by atomic mass is 10.0. The number of hydrogen-bond donors (Lipinski definition) is 2. The fourth-order valence-corrected chi connectivity index (χ4v) is 2.89. The smallest absolute Gasteiger partial charge is 0.328 e. The van der Waals surface area contributed by atoms with Gasteiger partial charge >= 0.3 is 6.03 Å². The van der Waals surface area contributed by atoms with Crippen molar-refractivity contribution in [2.24, 2.45) is 5.92 Å². The van der Waals surface area contributed by atoms with Crippen LogP contribution in [0, 0.1) is 23.0 Å². The molecule has 28 heavy (non-hydrogen) atoms. The van der Waals surface area contributed by atoms with Crippen LogP contribution in [0.3, 0.4) is 0 Å². The molecule has 2 aromatic rings. The van der Waals surface area contributed by atoms with Crippen LogP contribution in [0.2, 0.25) is 5.02 Å². The lowest BCUT2D eigenvalue weighted by Crippen LogP contribution is -2.58. The van der Waals surface area contributed by atoms with E-state index in [2.05, 4.69) is 10.6 Å². The summed E-state index contributed by atoms with van der Waals surface area (Å²) in [5.74, 6) is -2.57. The van der Waals surface area contributed by atoms with E-state index in [-0.39, 0.29) is 23.6 Å². The number of urea groups is 1. The first kappa shape index (κ1) is 19.3. The van der Waals surface area contributed by atoms with E-state index in [0.717, 1.165) is 4.90 Å². The molecule has 1 aliphatic heterocycles. The van der Waals surface area contributed by atoms with Crippen molar-refractivity contribution in [3.05, 3.63) is 63.2 Å². The number of nitro groups is 1. The van der Waals surface area contributed by atoms with Gasteiger partial charge < -0.3 is 10.6 Å². The molecule has 144 valence electrons. The largest absolute Gasteiger partial charge is 0.336 e. The van der Waals surface area contributed by atoms with Crippen LogP contribution in [0.25, 0.3) is 0 Å². The van der Waals surface area contributed by atoms with Gasteiger partial charge in [0.25, 0.3) is 5.69 Å². The lowest BCUT2D eigenvalue weighted by molar-refractivity contribution is -0.385. The first-order valence-electron chi connectivity index (χ1n) is 8.21. The molecule has 0 bridgehead atoms. The molecule has 0 aromatic heterocycles. The van der Waals surface area contributed by atoms with E-state index < -0.39 is 28.7 Å². The summed E-state index contributed by atoms with van der Waals surface area (Å²) in [7, 11) is 0. The minimum absolute atomic E-state index is 0.149. The fourth-order valence-electron chi connectivity index (χ4n) is 2.76. The SMILES string of the molecule is Cc1ccc(NC(=O)C2CNC(=O)N(c3ccc(Cl)cc3)C2=O)cc1[N+](=O)[O-]. The summed E-state index contributed by atoms with van der Waals surface area (Å²) in [6.45, 7) is 1.40. The number of hydrogen-bond acceptors (Lipinski definition) is 5. The summed E-state index contributed by atoms with van der Waals surface area (Å²) in [4.78, 5) is 48.8. The summed E-state index contributed by atoms with van der Waals surface area (Å²) in [6, 6.07) is 9.59. The summed E-state index contributed by atoms with van der Waals surface area (Å²) in [5, 5.41) is 16.5. The Morgan fingerprint density at radius 1 is 1.25 bits per heavy atom. The molecule has 1 fully saturated rings. The van der Waals surface area contributed by atoms with Crippen LogP contribution >= 0.6 is 11.6 Å². The molecule has 2 aromatic carbocycles. The third-order valence-corrected chi connectivity index (χ3v) is 4.51. The number of anilines is 2. The Hall–Kier alpha value is -3.46. The quantitative estimate of drug-likeness (QED) is 0.462. The molecule has 9 nitrogen and oxygen atoms in total. The van der Waals surface area contributed by atoms with Gasteiger partial charge in [0, 0.05) is 28.9 Å². The second-order valence-electron chi connectivity index (χ2n) is 6.14. The van der Waals surface area contributed by atoms with Crippen LogP contribution in [0.4, 0.5) is 21.9 Å². The fraction of sp³-hybridized carbons (Fsp3) is 0.167. The van der Waals surface area contributed by atoms with Crippen molar-refractivity contribution in [1.82, 2.24) is 5.32 Å². The van der Waals surface area contributed by atoms with E-state index in [0.29, 0.717) is 10.6 Å². The Balaban J connectivity index is 1.81. The molecule has 1 atom stereocenters. The number of rotatable bonds is 4. The zero-order valence-corrected chi connectivity index (χ0v) is 15.4. The van der Waals surface area contributed by atoms with Gasteiger partial charge in [-0.05, 0) is 37.3 Å². The molecule has 0 aliphatic carbocycles. The molecular weight excluding hydrogens is 388 g/mol. The number of carbonyl (C=O) groups excluding carboxylic acids is 3. The van der Waals surface area contributed by atoms with Gasteiger partial charge in [-0.1, -0.05) is 17.7 Å². The minimum atomic E-state index is -1.19. The van der Waals surface area contributed by atoms with Gasteiger partial charge in [-0.15, -0.1) is 0 Å². The van der Waals surface area contributed by atoms with E-state index in [4.69, 9.17) is 11.6 Å². The van der Waals surface area contributed by atoms with E-state index >= 15 is 0 Å². The van der Waals surface area contributed by atoms with Crippen LogP contribution < -0.4 is 15.5 Å². The Morgan fingerprint density at radius 2 is 1.93 bits per heavy atom. The second kappa shape index (κ2) is 7.65. The van der Waals surface area contributed by atoms with Crippen molar-refractivity contribution in [1.29, 1.82) is 0 Å². The third kappa shape index (κ3) is 3.79. The highest BCUT2D eigenvalue weighted by molar-refractivity contribution is 6.30. The van der Waals surface area contributed by atoms with Gasteiger partial charge in [-0.2, -0.15) is 0 Å². The Labute approximate surface area is 164 Å². The molecule has 0 radical (unpaired) electrons. The summed E-state index contributed by atoms with van der Waals surface area (Å²) in [5.41, 5.74) is 0.752. The third-order valence-electron chi connectivity index (χ3n) is 4.25. The first-order valence-corrected chi connectivity index (χ1v) is 8.59. The molecule has 1 saturated heterocycles. The number of nitro benzene ring substituents is 1. The predicted molar refractivity (Wildman–Crippen MR) is 102 cm³/mol. The highest BCUT2D eigenvalue weighted by Gasteiger charge is 2.39. The number of carbonyl (C=O) groups is 3. The predicted octanol–water partition coefficient (Wildman–Crippen LogP) is 2.87. The molecule has 0 saturated carbocycles.